The molecule has 0 bridgehead atoms. The van der Waals surface area contributed by atoms with Crippen molar-refractivity contribution < 1.29 is 19.4 Å². The van der Waals surface area contributed by atoms with Crippen molar-refractivity contribution in [3.63, 3.8) is 0 Å². The van der Waals surface area contributed by atoms with Gasteiger partial charge in [0.1, 0.15) is 11.3 Å². The second-order valence-electron chi connectivity index (χ2n) is 3.26. The lowest BCUT2D eigenvalue weighted by molar-refractivity contribution is -0.137. The minimum absolute atomic E-state index is 0.0480. The molecule has 0 amide bonds. The van der Waals surface area contributed by atoms with Crippen LogP contribution in [-0.4, -0.2) is 16.2 Å². The van der Waals surface area contributed by atoms with E-state index >= 15 is 0 Å². The molecule has 1 heterocycles. The Morgan fingerprint density at radius 2 is 2.07 bits per heavy atom. The van der Waals surface area contributed by atoms with Gasteiger partial charge in [-0.05, 0) is 12.1 Å². The van der Waals surface area contributed by atoms with Crippen LogP contribution in [0.3, 0.4) is 0 Å². The van der Waals surface area contributed by atoms with Gasteiger partial charge in [0.05, 0.1) is 11.8 Å². The van der Waals surface area contributed by atoms with Crippen molar-refractivity contribution in [2.24, 2.45) is 0 Å². The Kier molecular flexibility index (Phi) is 2.33. The number of rotatable bonds is 3. The minimum atomic E-state index is -0.908. The third-order valence-electron chi connectivity index (χ3n) is 2.21. The molecule has 78 valence electrons. The molecule has 0 saturated heterocycles. The van der Waals surface area contributed by atoms with Crippen LogP contribution < -0.4 is 0 Å². The Morgan fingerprint density at radius 1 is 1.33 bits per heavy atom. The normalized spacial score (nSPS) is 10.7. The van der Waals surface area contributed by atoms with Gasteiger partial charge < -0.3 is 14.6 Å². The highest BCUT2D eigenvalue weighted by atomic mass is 16.4. The van der Waals surface area contributed by atoms with Gasteiger partial charge in [-0.1, -0.05) is 12.1 Å². The molecule has 1 aromatic carbocycles. The zero-order valence-corrected chi connectivity index (χ0v) is 7.93. The fraction of sp³-hybridized carbons (Fsp3) is 0.182. The smallest absolute Gasteiger partial charge is 0.303 e. The largest absolute Gasteiger partial charge is 0.504 e. The maximum absolute atomic E-state index is 10.4. The zero-order chi connectivity index (χ0) is 10.8. The molecule has 15 heavy (non-hydrogen) atoms. The van der Waals surface area contributed by atoms with E-state index in [1.54, 1.807) is 24.3 Å². The van der Waals surface area contributed by atoms with E-state index in [0.29, 0.717) is 16.7 Å². The third-order valence-corrected chi connectivity index (χ3v) is 2.21. The van der Waals surface area contributed by atoms with Gasteiger partial charge in [0.15, 0.2) is 5.75 Å². The van der Waals surface area contributed by atoms with Gasteiger partial charge in [-0.15, -0.1) is 0 Å². The highest BCUT2D eigenvalue weighted by molar-refractivity contribution is 5.85. The lowest BCUT2D eigenvalue weighted by Gasteiger charge is -1.93. The first-order valence-corrected chi connectivity index (χ1v) is 4.59. The lowest BCUT2D eigenvalue weighted by atomic mass is 10.2. The summed E-state index contributed by atoms with van der Waals surface area (Å²) in [5.41, 5.74) is 0.579. The van der Waals surface area contributed by atoms with E-state index in [4.69, 9.17) is 9.52 Å². The average molecular weight is 206 g/mol. The van der Waals surface area contributed by atoms with Crippen LogP contribution in [0.1, 0.15) is 12.2 Å². The lowest BCUT2D eigenvalue weighted by Crippen LogP contribution is -1.96. The summed E-state index contributed by atoms with van der Waals surface area (Å²) in [6.07, 6.45) is 0.156. The van der Waals surface area contributed by atoms with Crippen LogP contribution in [0.5, 0.6) is 5.75 Å². The first-order chi connectivity index (χ1) is 7.18. The predicted octanol–water partition coefficient (Wildman–Crippen LogP) is 2.16. The summed E-state index contributed by atoms with van der Waals surface area (Å²) in [5, 5.41) is 18.9. The Hall–Kier alpha value is -1.97. The summed E-state index contributed by atoms with van der Waals surface area (Å²) in [4.78, 5) is 10.4. The summed E-state index contributed by atoms with van der Waals surface area (Å²) >= 11 is 0. The quantitative estimate of drug-likeness (QED) is 0.807. The fourth-order valence-electron chi connectivity index (χ4n) is 1.47. The summed E-state index contributed by atoms with van der Waals surface area (Å²) in [5.74, 6) is -0.527. The highest BCUT2D eigenvalue weighted by Crippen LogP contribution is 2.32. The highest BCUT2D eigenvalue weighted by Gasteiger charge is 2.13. The van der Waals surface area contributed by atoms with Gasteiger partial charge in [0.25, 0.3) is 0 Å². The molecule has 4 nitrogen and oxygen atoms in total. The molecule has 0 saturated carbocycles. The molecule has 0 fully saturated rings. The molecule has 4 heteroatoms. The second-order valence-corrected chi connectivity index (χ2v) is 3.26. The van der Waals surface area contributed by atoms with Crippen molar-refractivity contribution in [1.82, 2.24) is 0 Å². The number of hydrogen-bond acceptors (Lipinski definition) is 3. The van der Waals surface area contributed by atoms with Gasteiger partial charge in [0.2, 0.25) is 0 Å². The molecule has 2 rings (SSSR count). The number of carboxylic acids is 1. The molecule has 0 atom stereocenters. The van der Waals surface area contributed by atoms with E-state index < -0.39 is 5.97 Å². The third kappa shape index (κ3) is 1.79. The fourth-order valence-corrected chi connectivity index (χ4v) is 1.47. The Bertz CT molecular complexity index is 498. The molecular formula is C11H10O4. The van der Waals surface area contributed by atoms with Crippen LogP contribution in [0.15, 0.2) is 28.7 Å². The number of carbonyl (C=O) groups is 1. The Labute approximate surface area is 85.8 Å². The van der Waals surface area contributed by atoms with E-state index in [-0.39, 0.29) is 18.6 Å². The van der Waals surface area contributed by atoms with Crippen molar-refractivity contribution in [2.45, 2.75) is 12.8 Å². The molecule has 2 aromatic rings. The summed E-state index contributed by atoms with van der Waals surface area (Å²) in [6.45, 7) is 0. The van der Waals surface area contributed by atoms with Crippen LogP contribution in [0.2, 0.25) is 0 Å². The monoisotopic (exact) mass is 206 g/mol. The van der Waals surface area contributed by atoms with Gasteiger partial charge in [-0.3, -0.25) is 4.79 Å². The number of benzene rings is 1. The maximum atomic E-state index is 10.4. The molecule has 2 N–H and O–H groups in total. The van der Waals surface area contributed by atoms with E-state index in [1.165, 1.54) is 0 Å². The summed E-state index contributed by atoms with van der Waals surface area (Å²) in [7, 11) is 0. The topological polar surface area (TPSA) is 70.7 Å². The van der Waals surface area contributed by atoms with Crippen LogP contribution in [-0.2, 0) is 11.2 Å². The first kappa shape index (κ1) is 9.58. The number of furan rings is 1. The van der Waals surface area contributed by atoms with Gasteiger partial charge >= 0.3 is 5.97 Å². The summed E-state index contributed by atoms with van der Waals surface area (Å²) in [6, 6.07) is 7.06. The Balaban J connectivity index is 2.36. The standard InChI is InChI=1S/C11H10O4/c12-10(13)6-5-9-11(14)7-3-1-2-4-8(7)15-9/h1-4,14H,5-6H2,(H,12,13). The number of hydrogen-bond donors (Lipinski definition) is 2. The number of para-hydroxylation sites is 1. The van der Waals surface area contributed by atoms with Gasteiger partial charge in [-0.2, -0.15) is 0 Å². The SMILES string of the molecule is O=C(O)CCc1oc2ccccc2c1O. The second kappa shape index (κ2) is 3.65. The number of aromatic hydroxyl groups is 1. The van der Waals surface area contributed by atoms with Crippen LogP contribution >= 0.6 is 0 Å². The molecule has 0 radical (unpaired) electrons. The molecule has 1 aromatic heterocycles. The van der Waals surface area contributed by atoms with Gasteiger partial charge in [-0.25, -0.2) is 0 Å². The number of aliphatic carboxylic acids is 1. The van der Waals surface area contributed by atoms with E-state index in [1.807, 2.05) is 0 Å². The predicted molar refractivity (Wildman–Crippen MR) is 53.8 cm³/mol. The molecule has 0 unspecified atom stereocenters. The van der Waals surface area contributed by atoms with E-state index in [0.717, 1.165) is 0 Å². The molecule has 0 aliphatic heterocycles. The van der Waals surface area contributed by atoms with Crippen molar-refractivity contribution in [3.8, 4) is 5.75 Å². The van der Waals surface area contributed by atoms with E-state index in [2.05, 4.69) is 0 Å². The van der Waals surface area contributed by atoms with Crippen molar-refractivity contribution in [1.29, 1.82) is 0 Å². The van der Waals surface area contributed by atoms with Crippen molar-refractivity contribution >= 4 is 16.9 Å². The molecule has 0 aliphatic carbocycles. The molecule has 0 spiro atoms. The number of carboxylic acid groups (broad SMARTS) is 1. The average Bonchev–Trinajstić information content (AvgIpc) is 2.54. The first-order valence-electron chi connectivity index (χ1n) is 4.59. The molecule has 0 aliphatic rings. The van der Waals surface area contributed by atoms with Crippen LogP contribution in [0, 0.1) is 0 Å². The maximum Gasteiger partial charge on any atom is 0.303 e. The van der Waals surface area contributed by atoms with Crippen molar-refractivity contribution in [2.75, 3.05) is 0 Å². The van der Waals surface area contributed by atoms with Crippen molar-refractivity contribution in [3.05, 3.63) is 30.0 Å². The van der Waals surface area contributed by atoms with Gasteiger partial charge in [0, 0.05) is 6.42 Å². The number of aryl methyl sites for hydroxylation is 1. The Morgan fingerprint density at radius 3 is 2.73 bits per heavy atom. The molecular weight excluding hydrogens is 196 g/mol. The summed E-state index contributed by atoms with van der Waals surface area (Å²) < 4.78 is 5.34. The minimum Gasteiger partial charge on any atom is -0.504 e. The van der Waals surface area contributed by atoms with E-state index in [9.17, 15) is 9.90 Å². The van der Waals surface area contributed by atoms with Crippen LogP contribution in [0.4, 0.5) is 0 Å². The zero-order valence-electron chi connectivity index (χ0n) is 7.93. The van der Waals surface area contributed by atoms with Crippen LogP contribution in [0.25, 0.3) is 11.0 Å². The number of fused-ring (bicyclic) bond motifs is 1.